The Morgan fingerprint density at radius 2 is 1.60 bits per heavy atom. The van der Waals surface area contributed by atoms with Crippen molar-refractivity contribution in [2.24, 2.45) is 0 Å². The smallest absolute Gasteiger partial charge is 0.258 e. The first kappa shape index (κ1) is 27.1. The second-order valence-corrected chi connectivity index (χ2v) is 11.8. The van der Waals surface area contributed by atoms with Crippen LogP contribution in [0.1, 0.15) is 25.8 Å². The van der Waals surface area contributed by atoms with E-state index in [1.165, 1.54) is 40.7 Å². The Hall–Kier alpha value is -2.51. The van der Waals surface area contributed by atoms with Gasteiger partial charge in [0.1, 0.15) is 5.75 Å². The average Bonchev–Trinajstić information content (AvgIpc) is 2.87. The van der Waals surface area contributed by atoms with E-state index in [1.807, 2.05) is 6.92 Å². The number of nitrogens with one attached hydrogen (secondary N) is 2. The van der Waals surface area contributed by atoms with Gasteiger partial charge in [0.2, 0.25) is 20.0 Å². The zero-order valence-corrected chi connectivity index (χ0v) is 21.4. The summed E-state index contributed by atoms with van der Waals surface area (Å²) in [5, 5.41) is 2.71. The SMILES string of the molecule is CC[C@@H](C)NS(=O)(=O)c1ccc(OCC(=O)NCc2ccc(S(=O)(=O)N3CCOCC3)cc2)cc1. The molecule has 2 aromatic carbocycles. The van der Waals surface area contributed by atoms with Gasteiger partial charge in [-0.1, -0.05) is 19.1 Å². The van der Waals surface area contributed by atoms with E-state index in [4.69, 9.17) is 9.47 Å². The number of rotatable bonds is 11. The van der Waals surface area contributed by atoms with Crippen molar-refractivity contribution in [1.29, 1.82) is 0 Å². The maximum atomic E-state index is 12.7. The van der Waals surface area contributed by atoms with Crippen LogP contribution in [0.15, 0.2) is 58.3 Å². The predicted octanol–water partition coefficient (Wildman–Crippen LogP) is 1.48. The Labute approximate surface area is 206 Å². The van der Waals surface area contributed by atoms with Crippen LogP contribution < -0.4 is 14.8 Å². The molecular formula is C23H31N3O7S2. The summed E-state index contributed by atoms with van der Waals surface area (Å²) in [6.07, 6.45) is 0.674. The minimum Gasteiger partial charge on any atom is -0.484 e. The zero-order valence-electron chi connectivity index (χ0n) is 19.8. The summed E-state index contributed by atoms with van der Waals surface area (Å²) >= 11 is 0. The molecule has 1 aliphatic heterocycles. The Bertz CT molecular complexity index is 1190. The number of morpholine rings is 1. The molecule has 1 aliphatic rings. The summed E-state index contributed by atoms with van der Waals surface area (Å²) in [5.41, 5.74) is 0.739. The second kappa shape index (κ2) is 12.0. The van der Waals surface area contributed by atoms with E-state index >= 15 is 0 Å². The van der Waals surface area contributed by atoms with Crippen LogP contribution in [-0.2, 0) is 36.1 Å². The van der Waals surface area contributed by atoms with Crippen molar-refractivity contribution in [3.63, 3.8) is 0 Å². The van der Waals surface area contributed by atoms with Crippen molar-refractivity contribution >= 4 is 26.0 Å². The molecule has 0 unspecified atom stereocenters. The first-order chi connectivity index (χ1) is 16.6. The van der Waals surface area contributed by atoms with Crippen LogP contribution in [0.3, 0.4) is 0 Å². The minimum atomic E-state index is -3.61. The zero-order chi connectivity index (χ0) is 25.5. The van der Waals surface area contributed by atoms with Crippen molar-refractivity contribution in [3.05, 3.63) is 54.1 Å². The van der Waals surface area contributed by atoms with Gasteiger partial charge in [-0.15, -0.1) is 0 Å². The summed E-state index contributed by atoms with van der Waals surface area (Å²) in [4.78, 5) is 12.5. The maximum Gasteiger partial charge on any atom is 0.258 e. The molecule has 0 saturated carbocycles. The Morgan fingerprint density at radius 3 is 2.20 bits per heavy atom. The van der Waals surface area contributed by atoms with E-state index < -0.39 is 20.0 Å². The fourth-order valence-electron chi connectivity index (χ4n) is 3.25. The highest BCUT2D eigenvalue weighted by Crippen LogP contribution is 2.18. The van der Waals surface area contributed by atoms with Crippen LogP contribution in [0.25, 0.3) is 0 Å². The number of ether oxygens (including phenoxy) is 2. The normalized spacial score (nSPS) is 15.9. The van der Waals surface area contributed by atoms with E-state index in [2.05, 4.69) is 10.0 Å². The molecule has 1 atom stereocenters. The van der Waals surface area contributed by atoms with E-state index in [0.717, 1.165) is 5.56 Å². The van der Waals surface area contributed by atoms with Crippen molar-refractivity contribution in [2.75, 3.05) is 32.9 Å². The van der Waals surface area contributed by atoms with E-state index in [1.54, 1.807) is 19.1 Å². The van der Waals surface area contributed by atoms with Gasteiger partial charge in [-0.2, -0.15) is 4.31 Å². The molecule has 0 radical (unpaired) electrons. The van der Waals surface area contributed by atoms with Gasteiger partial charge in [0.05, 0.1) is 23.0 Å². The number of nitrogens with zero attached hydrogens (tertiary/aromatic N) is 1. The third-order valence-corrected chi connectivity index (χ3v) is 9.01. The van der Waals surface area contributed by atoms with Gasteiger partial charge < -0.3 is 14.8 Å². The number of hydrogen-bond acceptors (Lipinski definition) is 7. The van der Waals surface area contributed by atoms with E-state index in [9.17, 15) is 21.6 Å². The maximum absolute atomic E-state index is 12.7. The average molecular weight is 526 g/mol. The fourth-order valence-corrected chi connectivity index (χ4v) is 5.98. The Morgan fingerprint density at radius 1 is 1.00 bits per heavy atom. The highest BCUT2D eigenvalue weighted by atomic mass is 32.2. The summed E-state index contributed by atoms with van der Waals surface area (Å²) in [5.74, 6) is -0.00883. The third kappa shape index (κ3) is 7.48. The number of sulfonamides is 2. The lowest BCUT2D eigenvalue weighted by Crippen LogP contribution is -2.40. The molecule has 0 aromatic heterocycles. The van der Waals surface area contributed by atoms with Crippen LogP contribution in [-0.4, -0.2) is 66.0 Å². The van der Waals surface area contributed by atoms with Crippen LogP contribution in [0.5, 0.6) is 5.75 Å². The number of carbonyl (C=O) groups excluding carboxylic acids is 1. The molecule has 1 fully saturated rings. The number of benzene rings is 2. The van der Waals surface area contributed by atoms with Crippen LogP contribution in [0.2, 0.25) is 0 Å². The van der Waals surface area contributed by atoms with E-state index in [-0.39, 0.29) is 34.9 Å². The monoisotopic (exact) mass is 525 g/mol. The molecule has 2 aromatic rings. The van der Waals surface area contributed by atoms with Crippen LogP contribution >= 0.6 is 0 Å². The molecule has 0 aliphatic carbocycles. The van der Waals surface area contributed by atoms with Gasteiger partial charge in [0.15, 0.2) is 6.61 Å². The molecule has 1 heterocycles. The molecule has 10 nitrogen and oxygen atoms in total. The van der Waals surface area contributed by atoms with Crippen molar-refractivity contribution in [3.8, 4) is 5.75 Å². The van der Waals surface area contributed by atoms with Crippen molar-refractivity contribution < 1.29 is 31.1 Å². The Kier molecular flexibility index (Phi) is 9.25. The lowest BCUT2D eigenvalue weighted by Gasteiger charge is -2.26. The summed E-state index contributed by atoms with van der Waals surface area (Å²) in [6, 6.07) is 12.0. The molecule has 1 amide bonds. The summed E-state index contributed by atoms with van der Waals surface area (Å²) in [7, 11) is -7.17. The molecular weight excluding hydrogens is 494 g/mol. The molecule has 12 heteroatoms. The van der Waals surface area contributed by atoms with E-state index in [0.29, 0.717) is 38.5 Å². The fraction of sp³-hybridized carbons (Fsp3) is 0.435. The largest absolute Gasteiger partial charge is 0.484 e. The molecule has 192 valence electrons. The molecule has 35 heavy (non-hydrogen) atoms. The number of hydrogen-bond donors (Lipinski definition) is 2. The quantitative estimate of drug-likeness (QED) is 0.454. The Balaban J connectivity index is 1.47. The molecule has 1 saturated heterocycles. The molecule has 3 rings (SSSR count). The van der Waals surface area contributed by atoms with Crippen molar-refractivity contribution in [1.82, 2.24) is 14.3 Å². The lowest BCUT2D eigenvalue weighted by molar-refractivity contribution is -0.123. The third-order valence-electron chi connectivity index (χ3n) is 5.49. The molecule has 0 spiro atoms. The van der Waals surface area contributed by atoms with Crippen LogP contribution in [0.4, 0.5) is 0 Å². The topological polar surface area (TPSA) is 131 Å². The highest BCUT2D eigenvalue weighted by Gasteiger charge is 2.26. The molecule has 0 bridgehead atoms. The van der Waals surface area contributed by atoms with Crippen molar-refractivity contribution in [2.45, 2.75) is 42.6 Å². The van der Waals surface area contributed by atoms with Gasteiger partial charge >= 0.3 is 0 Å². The predicted molar refractivity (Wildman–Crippen MR) is 130 cm³/mol. The summed E-state index contributed by atoms with van der Waals surface area (Å²) in [6.45, 7) is 5.05. The van der Waals surface area contributed by atoms with Gasteiger partial charge in [0, 0.05) is 25.7 Å². The first-order valence-corrected chi connectivity index (χ1v) is 14.2. The highest BCUT2D eigenvalue weighted by molar-refractivity contribution is 7.89. The van der Waals surface area contributed by atoms with Gasteiger partial charge in [-0.05, 0) is 55.3 Å². The minimum absolute atomic E-state index is 0.119. The lowest BCUT2D eigenvalue weighted by atomic mass is 10.2. The molecule has 2 N–H and O–H groups in total. The number of amides is 1. The van der Waals surface area contributed by atoms with Gasteiger partial charge in [-0.25, -0.2) is 21.6 Å². The van der Waals surface area contributed by atoms with Crippen LogP contribution in [0, 0.1) is 0 Å². The second-order valence-electron chi connectivity index (χ2n) is 8.13. The van der Waals surface area contributed by atoms with Gasteiger partial charge in [-0.3, -0.25) is 4.79 Å². The number of carbonyl (C=O) groups is 1. The standard InChI is InChI=1S/C23H31N3O7S2/c1-3-18(2)25-34(28,29)21-10-6-20(7-11-21)33-17-23(27)24-16-19-4-8-22(9-5-19)35(30,31)26-12-14-32-15-13-26/h4-11,18,25H,3,12-17H2,1-2H3,(H,24,27)/t18-/m1/s1. The summed E-state index contributed by atoms with van der Waals surface area (Å²) < 4.78 is 64.5. The van der Waals surface area contributed by atoms with Gasteiger partial charge in [0.25, 0.3) is 5.91 Å². The first-order valence-electron chi connectivity index (χ1n) is 11.3.